The first kappa shape index (κ1) is 36.7. The Morgan fingerprint density at radius 3 is 2.64 bits per heavy atom. The molecule has 0 radical (unpaired) electrons. The molecule has 3 aliphatic heterocycles. The number of halogens is 1. The van der Waals surface area contributed by atoms with Gasteiger partial charge in [0.2, 0.25) is 27.7 Å². The summed E-state index contributed by atoms with van der Waals surface area (Å²) in [6.07, 6.45) is 5.01. The number of nitrogens with zero attached hydrogens (tertiary/aromatic N) is 2. The minimum absolute atomic E-state index is 0.0494. The number of carbonyl (C=O) groups is 4. The summed E-state index contributed by atoms with van der Waals surface area (Å²) in [7, 11) is -4.39. The Kier molecular flexibility index (Phi) is 9.66. The topological polar surface area (TPSA) is 203 Å². The summed E-state index contributed by atoms with van der Waals surface area (Å²) in [6, 6.07) is 2.86. The van der Waals surface area contributed by atoms with E-state index in [0.29, 0.717) is 54.7 Å². The average Bonchev–Trinajstić information content (AvgIpc) is 4.03. The summed E-state index contributed by atoms with van der Waals surface area (Å²) in [5.74, 6) is -1.93. The second kappa shape index (κ2) is 14.0. The number of carboxylic acid groups (broad SMARTS) is 1. The molecule has 2 saturated carbocycles. The van der Waals surface area contributed by atoms with Crippen molar-refractivity contribution in [3.63, 3.8) is 0 Å². The highest BCUT2D eigenvalue weighted by Gasteiger charge is 2.64. The molecule has 286 valence electrons. The second-order valence-electron chi connectivity index (χ2n) is 15.1. The van der Waals surface area contributed by atoms with Gasteiger partial charge in [-0.05, 0) is 68.6 Å². The van der Waals surface area contributed by atoms with Gasteiger partial charge in [0.05, 0.1) is 6.54 Å². The van der Waals surface area contributed by atoms with Crippen LogP contribution in [0.1, 0.15) is 58.8 Å². The summed E-state index contributed by atoms with van der Waals surface area (Å²) < 4.78 is 58.3. The van der Waals surface area contributed by atoms with Gasteiger partial charge in [0.15, 0.2) is 11.5 Å². The lowest BCUT2D eigenvalue weighted by atomic mass is 9.88. The molecular weight excluding hydrogens is 713 g/mol. The molecule has 0 spiro atoms. The number of carbonyl (C=O) groups excluding carboxylic acids is 3. The first-order valence-electron chi connectivity index (χ1n) is 18.0. The Morgan fingerprint density at radius 2 is 1.91 bits per heavy atom. The van der Waals surface area contributed by atoms with E-state index in [1.54, 1.807) is 37.4 Å². The molecule has 0 unspecified atom stereocenters. The number of hydrogen-bond donors (Lipinski definition) is 4. The summed E-state index contributed by atoms with van der Waals surface area (Å²) in [6.45, 7) is 3.30. The lowest BCUT2D eigenvalue weighted by Crippen LogP contribution is -2.59. The maximum atomic E-state index is 14.4. The van der Waals surface area contributed by atoms with Gasteiger partial charge in [-0.15, -0.1) is 0 Å². The monoisotopic (exact) mass is 757 g/mol. The second-order valence-corrected chi connectivity index (χ2v) is 17.1. The van der Waals surface area contributed by atoms with Crippen LogP contribution in [0.5, 0.6) is 17.4 Å². The number of sulfonamides is 1. The van der Waals surface area contributed by atoms with Crippen LogP contribution in [0.15, 0.2) is 36.5 Å². The van der Waals surface area contributed by atoms with Crippen LogP contribution in [0.25, 0.3) is 10.8 Å². The Labute approximate surface area is 306 Å². The van der Waals surface area contributed by atoms with Gasteiger partial charge in [-0.3, -0.25) is 19.1 Å². The summed E-state index contributed by atoms with van der Waals surface area (Å²) in [5, 5.41) is 16.2. The minimum atomic E-state index is -4.39. The minimum Gasteiger partial charge on any atom is -0.486 e. The van der Waals surface area contributed by atoms with Crippen molar-refractivity contribution in [3.05, 3.63) is 36.5 Å². The Balaban J connectivity index is 1.21. The van der Waals surface area contributed by atoms with Gasteiger partial charge < -0.3 is 34.9 Å². The van der Waals surface area contributed by atoms with E-state index in [1.807, 2.05) is 13.0 Å². The van der Waals surface area contributed by atoms with Crippen molar-refractivity contribution in [1.82, 2.24) is 25.2 Å². The molecule has 53 heavy (non-hydrogen) atoms. The van der Waals surface area contributed by atoms with Crippen LogP contribution in [0.4, 0.5) is 9.18 Å². The molecule has 1 aromatic heterocycles. The molecule has 4 amide bonds. The van der Waals surface area contributed by atoms with Gasteiger partial charge in [0, 0.05) is 29.3 Å². The molecule has 0 bridgehead atoms. The molecule has 4 heterocycles. The number of hydrogen-bond acceptors (Lipinski definition) is 10. The van der Waals surface area contributed by atoms with Crippen LogP contribution >= 0.6 is 0 Å². The molecule has 3 fully saturated rings. The molecule has 2 aromatic rings. The normalized spacial score (nSPS) is 30.9. The molecule has 15 nitrogen and oxygen atoms in total. The molecular formula is C36H44FN5O10S. The van der Waals surface area contributed by atoms with Crippen molar-refractivity contribution in [1.29, 1.82) is 0 Å². The number of fused-ring (bicyclic) bond motifs is 5. The largest absolute Gasteiger partial charge is 0.486 e. The third-order valence-electron chi connectivity index (χ3n) is 11.2. The van der Waals surface area contributed by atoms with E-state index in [1.165, 1.54) is 4.90 Å². The van der Waals surface area contributed by atoms with E-state index < -0.39 is 80.8 Å². The fraction of sp³-hybridized carbons (Fsp3) is 0.583. The number of nitrogens with one attached hydrogen (secondary N) is 3. The number of allylic oxidation sites excluding steroid dienone is 1. The quantitative estimate of drug-likeness (QED) is 0.303. The average molecular weight is 758 g/mol. The Hall–Kier alpha value is -4.67. The van der Waals surface area contributed by atoms with Crippen LogP contribution in [0, 0.1) is 17.8 Å². The van der Waals surface area contributed by atoms with Gasteiger partial charge in [-0.1, -0.05) is 26.0 Å². The number of benzene rings is 1. The van der Waals surface area contributed by atoms with Crippen LogP contribution in [-0.4, -0.2) is 102 Å². The van der Waals surface area contributed by atoms with Crippen molar-refractivity contribution in [2.24, 2.45) is 17.8 Å². The molecule has 1 saturated heterocycles. The third kappa shape index (κ3) is 6.95. The highest BCUT2D eigenvalue weighted by atomic mass is 32.2. The molecule has 4 N–H and O–H groups in total. The molecule has 7 atom stereocenters. The van der Waals surface area contributed by atoms with Crippen molar-refractivity contribution in [2.45, 2.75) is 87.3 Å². The highest BCUT2D eigenvalue weighted by molar-refractivity contribution is 7.91. The van der Waals surface area contributed by atoms with Crippen molar-refractivity contribution < 1.29 is 51.3 Å². The molecule has 7 rings (SSSR count). The smallest absolute Gasteiger partial charge is 0.405 e. The number of ether oxygens (including phenoxy) is 3. The molecule has 2 aliphatic carbocycles. The molecule has 5 aliphatic rings. The van der Waals surface area contributed by atoms with E-state index in [2.05, 4.69) is 20.3 Å². The lowest BCUT2D eigenvalue weighted by Gasteiger charge is -2.32. The zero-order valence-electron chi connectivity index (χ0n) is 29.5. The number of rotatable bonds is 7. The zero-order chi connectivity index (χ0) is 37.7. The van der Waals surface area contributed by atoms with Crippen molar-refractivity contribution >= 4 is 44.6 Å². The summed E-state index contributed by atoms with van der Waals surface area (Å²) in [5.41, 5.74) is -1.67. The van der Waals surface area contributed by atoms with E-state index in [9.17, 15) is 37.1 Å². The van der Waals surface area contributed by atoms with Crippen LogP contribution in [0.3, 0.4) is 0 Å². The maximum absolute atomic E-state index is 14.4. The standard InChI is InChI=1S/C36H44FN5O10S/c1-20-5-3-4-6-22-17-36(22,33(45)41-53(48,49)35(19-37)10-11-35)40-30(43)26-16-23(18-42(26)32(44)28(21(2)15-20)39-34(46)47)52-31-25-7-8-27-29(51-14-13-50-27)24(25)9-12-38-31/h4,6-9,12,20-23,26,28,39H,3,5,10-11,13-19H2,1-2H3,(H,40,43)(H,41,45)(H,46,47)/t20-,21+,22+,23+,26-,28-,36+/m0/s1. The fourth-order valence-corrected chi connectivity index (χ4v) is 9.30. The van der Waals surface area contributed by atoms with E-state index in [4.69, 9.17) is 14.2 Å². The van der Waals surface area contributed by atoms with Gasteiger partial charge >= 0.3 is 6.09 Å². The SMILES string of the molecule is C[C@H]1CCC=C[C@@H]2C[C@@]2(C(=O)NS(=O)(=O)C2(CF)CC2)NC(=O)[C@@H]2C[C@@H](Oc3nccc4c5c(ccc34)OCCO5)CN2C(=O)[C@@H](NC(=O)O)[C@H](C)C1. The predicted molar refractivity (Wildman–Crippen MR) is 188 cm³/mol. The van der Waals surface area contributed by atoms with E-state index >= 15 is 0 Å². The lowest BCUT2D eigenvalue weighted by molar-refractivity contribution is -0.142. The van der Waals surface area contributed by atoms with Crippen molar-refractivity contribution in [3.8, 4) is 17.4 Å². The fourth-order valence-electron chi connectivity index (χ4n) is 7.87. The van der Waals surface area contributed by atoms with Crippen LogP contribution in [-0.2, 0) is 24.4 Å². The van der Waals surface area contributed by atoms with Gasteiger partial charge in [-0.25, -0.2) is 22.6 Å². The van der Waals surface area contributed by atoms with Gasteiger partial charge in [-0.2, -0.15) is 0 Å². The van der Waals surface area contributed by atoms with Crippen LogP contribution in [0.2, 0.25) is 0 Å². The van der Waals surface area contributed by atoms with Crippen molar-refractivity contribution in [2.75, 3.05) is 26.4 Å². The number of aromatic nitrogens is 1. The van der Waals surface area contributed by atoms with Gasteiger partial charge in [0.25, 0.3) is 5.91 Å². The Morgan fingerprint density at radius 1 is 1.13 bits per heavy atom. The van der Waals surface area contributed by atoms with Gasteiger partial charge in [0.1, 0.15) is 48.4 Å². The number of alkyl halides is 1. The third-order valence-corrected chi connectivity index (χ3v) is 13.3. The zero-order valence-corrected chi connectivity index (χ0v) is 30.3. The molecule has 1 aromatic carbocycles. The highest BCUT2D eigenvalue weighted by Crippen LogP contribution is 2.48. The first-order chi connectivity index (χ1) is 25.3. The first-order valence-corrected chi connectivity index (χ1v) is 19.5. The predicted octanol–water partition coefficient (Wildman–Crippen LogP) is 2.83. The number of amides is 4. The number of pyridine rings is 1. The summed E-state index contributed by atoms with van der Waals surface area (Å²) in [4.78, 5) is 60.2. The maximum Gasteiger partial charge on any atom is 0.405 e. The molecule has 17 heteroatoms. The summed E-state index contributed by atoms with van der Waals surface area (Å²) >= 11 is 0. The van der Waals surface area contributed by atoms with Crippen LogP contribution < -0.4 is 29.6 Å². The van der Waals surface area contributed by atoms with E-state index in [-0.39, 0.29) is 44.0 Å². The van der Waals surface area contributed by atoms with E-state index in [0.717, 1.165) is 0 Å². The Bertz CT molecular complexity index is 1960.